The average Bonchev–Trinajstić information content (AvgIpc) is 2.95. The number of imidazole rings is 1. The fraction of sp³-hybridized carbons (Fsp3) is 0.235. The molecule has 4 nitrogen and oxygen atoms in total. The third kappa shape index (κ3) is 3.21. The van der Waals surface area contributed by atoms with E-state index in [4.69, 9.17) is 9.84 Å². The van der Waals surface area contributed by atoms with E-state index in [9.17, 15) is 13.2 Å². The summed E-state index contributed by atoms with van der Waals surface area (Å²) in [5.74, 6) is 0.417. The monoisotopic (exact) mass is 336 g/mol. The molecule has 3 aromatic rings. The predicted octanol–water partition coefficient (Wildman–Crippen LogP) is 3.73. The number of fused-ring (bicyclic) bond motifs is 1. The van der Waals surface area contributed by atoms with Crippen LogP contribution in [0.1, 0.15) is 22.4 Å². The number of aliphatic hydroxyl groups is 1. The van der Waals surface area contributed by atoms with Gasteiger partial charge in [-0.3, -0.25) is 0 Å². The van der Waals surface area contributed by atoms with Gasteiger partial charge in [-0.2, -0.15) is 13.2 Å². The molecular weight excluding hydrogens is 321 g/mol. The molecule has 0 atom stereocenters. The van der Waals surface area contributed by atoms with Crippen LogP contribution in [0, 0.1) is 6.92 Å². The number of halogens is 3. The molecule has 24 heavy (non-hydrogen) atoms. The molecule has 0 unspecified atom stereocenters. The Balaban J connectivity index is 1.86. The largest absolute Gasteiger partial charge is 0.487 e. The molecule has 1 N–H and O–H groups in total. The zero-order chi connectivity index (χ0) is 17.3. The zero-order valence-corrected chi connectivity index (χ0v) is 12.8. The molecule has 0 aliphatic carbocycles. The van der Waals surface area contributed by atoms with Crippen molar-refractivity contribution in [2.45, 2.75) is 26.3 Å². The summed E-state index contributed by atoms with van der Waals surface area (Å²) in [7, 11) is 0. The first-order valence-corrected chi connectivity index (χ1v) is 7.25. The van der Waals surface area contributed by atoms with E-state index < -0.39 is 11.7 Å². The van der Waals surface area contributed by atoms with Gasteiger partial charge in [0, 0.05) is 11.8 Å². The number of benzene rings is 1. The first kappa shape index (κ1) is 16.3. The second kappa shape index (κ2) is 6.16. The third-order valence-corrected chi connectivity index (χ3v) is 3.73. The van der Waals surface area contributed by atoms with E-state index in [1.165, 1.54) is 6.07 Å². The third-order valence-electron chi connectivity index (χ3n) is 3.73. The van der Waals surface area contributed by atoms with Gasteiger partial charge in [0.2, 0.25) is 0 Å². The van der Waals surface area contributed by atoms with Gasteiger partial charge < -0.3 is 14.2 Å². The van der Waals surface area contributed by atoms with Crippen LogP contribution >= 0.6 is 0 Å². The van der Waals surface area contributed by atoms with E-state index in [2.05, 4.69) is 4.98 Å². The molecule has 2 heterocycles. The Morgan fingerprint density at radius 3 is 2.67 bits per heavy atom. The van der Waals surface area contributed by atoms with Crippen molar-refractivity contribution in [3.63, 3.8) is 0 Å². The lowest BCUT2D eigenvalue weighted by molar-refractivity contribution is -0.138. The zero-order valence-electron chi connectivity index (χ0n) is 12.8. The quantitative estimate of drug-likeness (QED) is 0.790. The Labute approximate surface area is 136 Å². The molecule has 2 aromatic heterocycles. The molecule has 0 saturated carbocycles. The summed E-state index contributed by atoms with van der Waals surface area (Å²) < 4.78 is 46.5. The fourth-order valence-corrected chi connectivity index (χ4v) is 2.50. The Bertz CT molecular complexity index is 872. The van der Waals surface area contributed by atoms with Crippen LogP contribution in [0.4, 0.5) is 13.2 Å². The average molecular weight is 336 g/mol. The Hall–Kier alpha value is -2.54. The summed E-state index contributed by atoms with van der Waals surface area (Å²) in [6.07, 6.45) is -1.17. The smallest absolute Gasteiger partial charge is 0.416 e. The van der Waals surface area contributed by atoms with E-state index in [0.29, 0.717) is 22.7 Å². The van der Waals surface area contributed by atoms with Gasteiger partial charge in [0.1, 0.15) is 18.0 Å². The highest BCUT2D eigenvalue weighted by molar-refractivity contribution is 5.43. The minimum Gasteiger partial charge on any atom is -0.487 e. The van der Waals surface area contributed by atoms with Crippen molar-refractivity contribution in [3.05, 3.63) is 65.1 Å². The van der Waals surface area contributed by atoms with Gasteiger partial charge in [0.25, 0.3) is 0 Å². The van der Waals surface area contributed by atoms with Crippen molar-refractivity contribution in [1.82, 2.24) is 9.38 Å². The Morgan fingerprint density at radius 2 is 1.96 bits per heavy atom. The van der Waals surface area contributed by atoms with Gasteiger partial charge >= 0.3 is 6.18 Å². The molecule has 3 rings (SSSR count). The summed E-state index contributed by atoms with van der Waals surface area (Å²) in [4.78, 5) is 4.16. The van der Waals surface area contributed by atoms with Crippen LogP contribution in [0.2, 0.25) is 0 Å². The van der Waals surface area contributed by atoms with Gasteiger partial charge in [-0.25, -0.2) is 4.98 Å². The Kier molecular flexibility index (Phi) is 4.19. The van der Waals surface area contributed by atoms with Crippen LogP contribution in [0.15, 0.2) is 42.7 Å². The highest BCUT2D eigenvalue weighted by atomic mass is 19.4. The highest BCUT2D eigenvalue weighted by Crippen LogP contribution is 2.33. The molecule has 0 aliphatic rings. The van der Waals surface area contributed by atoms with Gasteiger partial charge in [-0.05, 0) is 30.7 Å². The summed E-state index contributed by atoms with van der Waals surface area (Å²) in [5, 5.41) is 9.08. The van der Waals surface area contributed by atoms with Crippen LogP contribution in [0.3, 0.4) is 0 Å². The number of ether oxygens (including phenoxy) is 1. The van der Waals surface area contributed by atoms with Crippen LogP contribution in [-0.2, 0) is 19.4 Å². The Morgan fingerprint density at radius 1 is 1.17 bits per heavy atom. The van der Waals surface area contributed by atoms with Crippen molar-refractivity contribution in [1.29, 1.82) is 0 Å². The van der Waals surface area contributed by atoms with Gasteiger partial charge in [0.15, 0.2) is 0 Å². The first-order chi connectivity index (χ1) is 11.4. The number of hydrogen-bond acceptors (Lipinski definition) is 3. The molecule has 1 aromatic carbocycles. The summed E-state index contributed by atoms with van der Waals surface area (Å²) in [5.41, 5.74) is 1.08. The second-order valence-electron chi connectivity index (χ2n) is 5.41. The van der Waals surface area contributed by atoms with E-state index >= 15 is 0 Å². The maximum absolute atomic E-state index is 13.1. The predicted molar refractivity (Wildman–Crippen MR) is 81.6 cm³/mol. The maximum atomic E-state index is 13.1. The lowest BCUT2D eigenvalue weighted by Gasteiger charge is -2.16. The number of nitrogens with zero attached hydrogens (tertiary/aromatic N) is 2. The molecule has 0 radical (unpaired) electrons. The minimum atomic E-state index is -4.42. The molecule has 0 fully saturated rings. The summed E-state index contributed by atoms with van der Waals surface area (Å²) in [6.45, 7) is 1.26. The summed E-state index contributed by atoms with van der Waals surface area (Å²) in [6, 6.07) is 7.38. The van der Waals surface area contributed by atoms with Gasteiger partial charge in [-0.1, -0.05) is 12.1 Å². The van der Waals surface area contributed by atoms with Crippen molar-refractivity contribution >= 4 is 5.65 Å². The molecule has 126 valence electrons. The van der Waals surface area contributed by atoms with Crippen molar-refractivity contribution in [2.24, 2.45) is 0 Å². The van der Waals surface area contributed by atoms with Crippen molar-refractivity contribution < 1.29 is 23.0 Å². The van der Waals surface area contributed by atoms with Crippen molar-refractivity contribution in [2.75, 3.05) is 0 Å². The SMILES string of the molecule is Cc1cccc(C(F)(F)F)c1COc1ccc2nc(CO)cn2c1. The normalized spacial score (nSPS) is 11.9. The van der Waals surface area contributed by atoms with Crippen molar-refractivity contribution in [3.8, 4) is 5.75 Å². The van der Waals surface area contributed by atoms with Crippen LogP contribution in [-0.4, -0.2) is 14.5 Å². The molecule has 0 saturated heterocycles. The number of rotatable bonds is 4. The van der Waals surface area contributed by atoms with Crippen LogP contribution in [0.5, 0.6) is 5.75 Å². The molecule has 0 spiro atoms. The number of hydrogen-bond donors (Lipinski definition) is 1. The molecule has 0 amide bonds. The number of aryl methyl sites for hydroxylation is 1. The number of pyridine rings is 1. The highest BCUT2D eigenvalue weighted by Gasteiger charge is 2.33. The number of alkyl halides is 3. The van der Waals surface area contributed by atoms with Gasteiger partial charge in [-0.15, -0.1) is 0 Å². The number of aliphatic hydroxyl groups excluding tert-OH is 1. The first-order valence-electron chi connectivity index (χ1n) is 7.25. The van der Waals surface area contributed by atoms with E-state index in [0.717, 1.165) is 6.07 Å². The molecule has 7 heteroatoms. The molecule has 0 bridgehead atoms. The van der Waals surface area contributed by atoms with Crippen LogP contribution in [0.25, 0.3) is 5.65 Å². The molecule has 0 aliphatic heterocycles. The lowest BCUT2D eigenvalue weighted by atomic mass is 10.0. The lowest BCUT2D eigenvalue weighted by Crippen LogP contribution is -2.12. The standard InChI is InChI=1S/C17H15F3N2O2/c1-11-3-2-4-15(17(18,19)20)14(11)10-24-13-5-6-16-21-12(9-23)7-22(16)8-13/h2-8,23H,9-10H2,1H3. The van der Waals surface area contributed by atoms with Gasteiger partial charge in [0.05, 0.1) is 24.1 Å². The topological polar surface area (TPSA) is 46.8 Å². The fourth-order valence-electron chi connectivity index (χ4n) is 2.50. The van der Waals surface area contributed by atoms with E-state index in [1.807, 2.05) is 0 Å². The number of aromatic nitrogens is 2. The summed E-state index contributed by atoms with van der Waals surface area (Å²) >= 11 is 0. The molecular formula is C17H15F3N2O2. The minimum absolute atomic E-state index is 0.117. The van der Waals surface area contributed by atoms with E-state index in [1.54, 1.807) is 41.9 Å². The van der Waals surface area contributed by atoms with E-state index in [-0.39, 0.29) is 18.8 Å². The second-order valence-corrected chi connectivity index (χ2v) is 5.41. The maximum Gasteiger partial charge on any atom is 0.416 e. The van der Waals surface area contributed by atoms with Crippen LogP contribution < -0.4 is 4.74 Å².